The van der Waals surface area contributed by atoms with E-state index >= 15 is 0 Å². The molecule has 0 aliphatic carbocycles. The van der Waals surface area contributed by atoms with Crippen molar-refractivity contribution in [2.75, 3.05) is 4.90 Å². The summed E-state index contributed by atoms with van der Waals surface area (Å²) in [5.74, 6) is 8.11. The first kappa shape index (κ1) is 49.1. The molecule has 0 unspecified atom stereocenters. The molecular formula is C75H56B3NO5. The number of anilines is 3. The van der Waals surface area contributed by atoms with Gasteiger partial charge >= 0.3 is 0 Å². The fraction of sp³-hybridized carbons (Fsp3) is 0.120. The standard InChI is InChI=1S/C75H56B3NO5/c1-39-27-46(8)75(47(9)28-39)79-57-37-61-54(76-51-23-10-12-25-59(51)80-65-31-49(33-67(82-61)73(65)76)70-42(4)19-15-20-43(70)5)35-53(57)78-56-36-55-62(38-63(56)83-64-30-48(29-58(79)72(64)78)69-40(2)17-14-18-41(69)3)84-68-34-50(71-44(6)21-16-22-45(71)7)32-66-74(68)77(55)52-24-11-13-26-60(52)81-66/h10-38H,1-9H3. The van der Waals surface area contributed by atoms with Crippen molar-refractivity contribution in [3.8, 4) is 90.9 Å². The number of fused-ring (bicyclic) bond motifs is 12. The lowest BCUT2D eigenvalue weighted by atomic mass is 9.30. The molecule has 17 rings (SSSR count). The average Bonchev–Trinajstić information content (AvgIpc) is 1.37. The molecule has 0 aromatic heterocycles. The molecule has 11 aromatic carbocycles. The molecule has 6 nitrogen and oxygen atoms in total. The van der Waals surface area contributed by atoms with Crippen LogP contribution in [0.15, 0.2) is 176 Å². The number of hydrogen-bond acceptors (Lipinski definition) is 6. The Balaban J connectivity index is 0.944. The fourth-order valence-electron chi connectivity index (χ4n) is 15.6. The molecule has 0 radical (unpaired) electrons. The SMILES string of the molecule is Cc1cc(C)c(N2c3cc4c(cc3B3c5cc6c(cc5Oc5cc(-c7c(C)cccc7C)cc2c53)Oc2cc(-c3c(C)cccc3C)cc3c2B6c2ccccc2O3)B2c3ccccc3Oc3cc(-c5c(C)cccc5C)cc(c32)O4)c(C)c1. The Labute approximate surface area is 491 Å². The lowest BCUT2D eigenvalue weighted by Gasteiger charge is -2.43. The molecule has 84 heavy (non-hydrogen) atoms. The Morgan fingerprint density at radius 2 is 0.619 bits per heavy atom. The average molecular weight is 1080 g/mol. The van der Waals surface area contributed by atoms with E-state index < -0.39 is 0 Å². The van der Waals surface area contributed by atoms with Crippen molar-refractivity contribution in [3.63, 3.8) is 0 Å². The Kier molecular flexibility index (Phi) is 10.3. The molecule has 0 saturated carbocycles. The summed E-state index contributed by atoms with van der Waals surface area (Å²) in [5.41, 5.74) is 30.7. The van der Waals surface area contributed by atoms with Crippen LogP contribution in [0.3, 0.4) is 0 Å². The van der Waals surface area contributed by atoms with Gasteiger partial charge < -0.3 is 28.6 Å². The van der Waals surface area contributed by atoms with E-state index in [1.54, 1.807) is 0 Å². The largest absolute Gasteiger partial charge is 0.458 e. The van der Waals surface area contributed by atoms with E-state index in [1.807, 2.05) is 0 Å². The minimum Gasteiger partial charge on any atom is -0.458 e. The van der Waals surface area contributed by atoms with Gasteiger partial charge in [0.1, 0.15) is 57.5 Å². The fourth-order valence-corrected chi connectivity index (χ4v) is 15.6. The number of benzene rings is 11. The van der Waals surface area contributed by atoms with Crippen molar-refractivity contribution < 1.29 is 23.7 Å². The van der Waals surface area contributed by atoms with Crippen molar-refractivity contribution in [1.29, 1.82) is 0 Å². The van der Waals surface area contributed by atoms with Crippen LogP contribution in [-0.4, -0.2) is 20.1 Å². The van der Waals surface area contributed by atoms with Crippen LogP contribution < -0.4 is 77.7 Å². The van der Waals surface area contributed by atoms with Crippen LogP contribution >= 0.6 is 0 Å². The predicted molar refractivity (Wildman–Crippen MR) is 347 cm³/mol. The zero-order valence-corrected chi connectivity index (χ0v) is 48.5. The second kappa shape index (κ2) is 17.7. The molecular weight excluding hydrogens is 1030 g/mol. The zero-order chi connectivity index (χ0) is 56.7. The smallest absolute Gasteiger partial charge is 0.260 e. The number of para-hydroxylation sites is 2. The van der Waals surface area contributed by atoms with E-state index in [2.05, 4.69) is 243 Å². The maximum Gasteiger partial charge on any atom is 0.260 e. The van der Waals surface area contributed by atoms with Crippen LogP contribution in [0.1, 0.15) is 50.1 Å². The summed E-state index contributed by atoms with van der Waals surface area (Å²) < 4.78 is 36.3. The maximum absolute atomic E-state index is 7.56. The molecule has 0 bridgehead atoms. The molecule has 9 heteroatoms. The lowest BCUT2D eigenvalue weighted by molar-refractivity contribution is 0.456. The molecule has 0 N–H and O–H groups in total. The third-order valence-electron chi connectivity index (χ3n) is 18.9. The summed E-state index contributed by atoms with van der Waals surface area (Å²) in [6, 6.07) is 64.3. The highest BCUT2D eigenvalue weighted by Crippen LogP contribution is 2.49. The second-order valence-electron chi connectivity index (χ2n) is 24.3. The van der Waals surface area contributed by atoms with E-state index in [4.69, 9.17) is 23.7 Å². The number of aryl methyl sites for hydroxylation is 9. The van der Waals surface area contributed by atoms with Gasteiger partial charge in [-0.2, -0.15) is 0 Å². The first-order valence-corrected chi connectivity index (χ1v) is 29.4. The van der Waals surface area contributed by atoms with Gasteiger partial charge in [-0.05, 0) is 227 Å². The van der Waals surface area contributed by atoms with Crippen LogP contribution in [-0.2, 0) is 0 Å². The molecule has 6 aliphatic rings. The third-order valence-corrected chi connectivity index (χ3v) is 18.9. The Bertz CT molecular complexity index is 4730. The summed E-state index contributed by atoms with van der Waals surface area (Å²) in [5, 5.41) is 0. The highest BCUT2D eigenvalue weighted by molar-refractivity contribution is 7.03. The van der Waals surface area contributed by atoms with Gasteiger partial charge in [-0.25, -0.2) is 0 Å². The van der Waals surface area contributed by atoms with Crippen LogP contribution in [0.5, 0.6) is 57.5 Å². The van der Waals surface area contributed by atoms with Crippen molar-refractivity contribution >= 4 is 86.4 Å². The number of ether oxygens (including phenoxy) is 5. The molecule has 0 atom stereocenters. The second-order valence-corrected chi connectivity index (χ2v) is 24.3. The molecule has 0 amide bonds. The van der Waals surface area contributed by atoms with E-state index in [0.29, 0.717) is 0 Å². The quantitative estimate of drug-likeness (QED) is 0.164. The predicted octanol–water partition coefficient (Wildman–Crippen LogP) is 13.3. The number of rotatable bonds is 4. The molecule has 0 spiro atoms. The summed E-state index contributed by atoms with van der Waals surface area (Å²) in [7, 11) is 0. The Morgan fingerprint density at radius 1 is 0.262 bits per heavy atom. The summed E-state index contributed by atoms with van der Waals surface area (Å²) in [6.45, 7) is 19.2. The van der Waals surface area contributed by atoms with Gasteiger partial charge in [-0.1, -0.05) is 121 Å². The van der Waals surface area contributed by atoms with Gasteiger partial charge in [0.15, 0.2) is 0 Å². The van der Waals surface area contributed by atoms with E-state index in [1.165, 1.54) is 72.2 Å². The minimum atomic E-state index is -0.275. The molecule has 400 valence electrons. The number of nitrogens with zero attached hydrogens (tertiary/aromatic N) is 1. The van der Waals surface area contributed by atoms with Gasteiger partial charge in [0.2, 0.25) is 0 Å². The Hall–Kier alpha value is -9.59. The summed E-state index contributed by atoms with van der Waals surface area (Å²) in [4.78, 5) is 2.53. The highest BCUT2D eigenvalue weighted by atomic mass is 16.5. The topological polar surface area (TPSA) is 49.4 Å². The normalized spacial score (nSPS) is 13.7. The lowest BCUT2D eigenvalue weighted by Crippen LogP contribution is -2.64. The molecule has 11 aromatic rings. The van der Waals surface area contributed by atoms with E-state index in [9.17, 15) is 0 Å². The van der Waals surface area contributed by atoms with Crippen molar-refractivity contribution in [2.24, 2.45) is 0 Å². The van der Waals surface area contributed by atoms with E-state index in [-0.39, 0.29) is 20.1 Å². The minimum absolute atomic E-state index is 0.176. The molecule has 6 aliphatic heterocycles. The first-order valence-electron chi connectivity index (χ1n) is 29.4. The van der Waals surface area contributed by atoms with Gasteiger partial charge in [0, 0.05) is 34.4 Å². The zero-order valence-electron chi connectivity index (χ0n) is 48.5. The highest BCUT2D eigenvalue weighted by Gasteiger charge is 2.49. The monoisotopic (exact) mass is 1080 g/mol. The number of hydrogen-bond donors (Lipinski definition) is 0. The Morgan fingerprint density at radius 3 is 1.06 bits per heavy atom. The van der Waals surface area contributed by atoms with Crippen molar-refractivity contribution in [3.05, 3.63) is 226 Å². The van der Waals surface area contributed by atoms with Crippen LogP contribution in [0.25, 0.3) is 33.4 Å². The summed E-state index contributed by atoms with van der Waals surface area (Å²) >= 11 is 0. The molecule has 0 fully saturated rings. The van der Waals surface area contributed by atoms with Crippen molar-refractivity contribution in [2.45, 2.75) is 62.3 Å². The van der Waals surface area contributed by atoms with Gasteiger partial charge in [-0.3, -0.25) is 0 Å². The van der Waals surface area contributed by atoms with Gasteiger partial charge in [-0.15, -0.1) is 0 Å². The van der Waals surface area contributed by atoms with Crippen molar-refractivity contribution in [1.82, 2.24) is 0 Å². The van der Waals surface area contributed by atoms with Crippen LogP contribution in [0.2, 0.25) is 0 Å². The van der Waals surface area contributed by atoms with E-state index in [0.717, 1.165) is 135 Å². The van der Waals surface area contributed by atoms with Crippen LogP contribution in [0.4, 0.5) is 17.1 Å². The summed E-state index contributed by atoms with van der Waals surface area (Å²) in [6.07, 6.45) is 0. The first-order chi connectivity index (χ1) is 40.8. The van der Waals surface area contributed by atoms with Crippen LogP contribution in [0, 0.1) is 62.3 Å². The maximum atomic E-state index is 7.56. The van der Waals surface area contributed by atoms with Gasteiger partial charge in [0.25, 0.3) is 20.1 Å². The molecule has 0 saturated heterocycles. The third kappa shape index (κ3) is 6.96. The molecule has 6 heterocycles. The van der Waals surface area contributed by atoms with Gasteiger partial charge in [0.05, 0.1) is 5.69 Å².